The molecule has 0 spiro atoms. The van der Waals surface area contributed by atoms with Crippen molar-refractivity contribution >= 4 is 34.9 Å². The van der Waals surface area contributed by atoms with E-state index in [2.05, 4.69) is 10.6 Å². The molecule has 0 radical (unpaired) electrons. The van der Waals surface area contributed by atoms with Crippen molar-refractivity contribution in [3.05, 3.63) is 45.9 Å². The van der Waals surface area contributed by atoms with Gasteiger partial charge in [0.25, 0.3) is 0 Å². The fraction of sp³-hybridized carbons (Fsp3) is 0.235. The van der Waals surface area contributed by atoms with Gasteiger partial charge in [-0.3, -0.25) is 0 Å². The van der Waals surface area contributed by atoms with E-state index >= 15 is 0 Å². The number of urea groups is 1. The van der Waals surface area contributed by atoms with Crippen LogP contribution in [0, 0.1) is 0 Å². The minimum Gasteiger partial charge on any atom is -0.493 e. The molecule has 0 aromatic heterocycles. The van der Waals surface area contributed by atoms with E-state index < -0.39 is 6.03 Å². The largest absolute Gasteiger partial charge is 0.493 e. The Morgan fingerprint density at radius 3 is 2.20 bits per heavy atom. The molecule has 0 aliphatic carbocycles. The molecule has 6 nitrogen and oxygen atoms in total. The SMILES string of the molecule is COc1cc(CNC(=O)Nc2cc(Cl)ccc2Cl)cc(OC)c1OC. The smallest absolute Gasteiger partial charge is 0.319 e. The third kappa shape index (κ3) is 4.84. The molecular weight excluding hydrogens is 367 g/mol. The van der Waals surface area contributed by atoms with Crippen LogP contribution in [0.3, 0.4) is 0 Å². The summed E-state index contributed by atoms with van der Waals surface area (Å²) in [6, 6.07) is 7.92. The molecule has 25 heavy (non-hydrogen) atoms. The molecule has 2 N–H and O–H groups in total. The highest BCUT2D eigenvalue weighted by atomic mass is 35.5. The molecule has 0 saturated heterocycles. The molecule has 2 aromatic rings. The average Bonchev–Trinajstić information content (AvgIpc) is 2.61. The number of benzene rings is 2. The fourth-order valence-electron chi connectivity index (χ4n) is 2.18. The van der Waals surface area contributed by atoms with E-state index in [0.29, 0.717) is 33.0 Å². The molecule has 134 valence electrons. The summed E-state index contributed by atoms with van der Waals surface area (Å²) in [7, 11) is 4.59. The van der Waals surface area contributed by atoms with Crippen molar-refractivity contribution < 1.29 is 19.0 Å². The molecular formula is C17H18Cl2N2O4. The van der Waals surface area contributed by atoms with E-state index in [1.165, 1.54) is 21.3 Å². The number of carbonyl (C=O) groups excluding carboxylic acids is 1. The molecule has 0 unspecified atom stereocenters. The summed E-state index contributed by atoms with van der Waals surface area (Å²) in [6.45, 7) is 0.251. The molecule has 0 aliphatic heterocycles. The first kappa shape index (κ1) is 19.0. The van der Waals surface area contributed by atoms with Gasteiger partial charge in [-0.2, -0.15) is 0 Å². The third-order valence-corrected chi connectivity index (χ3v) is 3.92. The van der Waals surface area contributed by atoms with Crippen LogP contribution in [-0.2, 0) is 6.54 Å². The van der Waals surface area contributed by atoms with Gasteiger partial charge in [-0.15, -0.1) is 0 Å². The van der Waals surface area contributed by atoms with Crippen molar-refractivity contribution in [3.8, 4) is 17.2 Å². The third-order valence-electron chi connectivity index (χ3n) is 3.35. The lowest BCUT2D eigenvalue weighted by Crippen LogP contribution is -2.28. The Morgan fingerprint density at radius 2 is 1.64 bits per heavy atom. The summed E-state index contributed by atoms with van der Waals surface area (Å²) in [5.74, 6) is 1.51. The zero-order valence-corrected chi connectivity index (χ0v) is 15.5. The highest BCUT2D eigenvalue weighted by molar-refractivity contribution is 6.35. The Balaban J connectivity index is 2.07. The van der Waals surface area contributed by atoms with Crippen LogP contribution in [0.4, 0.5) is 10.5 Å². The molecule has 0 saturated carbocycles. The average molecular weight is 385 g/mol. The lowest BCUT2D eigenvalue weighted by molar-refractivity contribution is 0.251. The Kier molecular flexibility index (Phi) is 6.61. The van der Waals surface area contributed by atoms with Gasteiger partial charge in [0.05, 0.1) is 32.0 Å². The molecule has 0 aliphatic rings. The second-order valence-corrected chi connectivity index (χ2v) is 5.81. The highest BCUT2D eigenvalue weighted by Gasteiger charge is 2.14. The molecule has 2 aromatic carbocycles. The fourth-order valence-corrected chi connectivity index (χ4v) is 2.52. The van der Waals surface area contributed by atoms with Crippen LogP contribution in [0.5, 0.6) is 17.2 Å². The Labute approximate surface area is 156 Å². The van der Waals surface area contributed by atoms with Gasteiger partial charge in [-0.25, -0.2) is 4.79 Å². The number of amides is 2. The first-order valence-corrected chi connectivity index (χ1v) is 8.02. The molecule has 8 heteroatoms. The summed E-state index contributed by atoms with van der Waals surface area (Å²) < 4.78 is 15.8. The van der Waals surface area contributed by atoms with Crippen molar-refractivity contribution in [1.29, 1.82) is 0 Å². The molecule has 2 rings (SSSR count). The van der Waals surface area contributed by atoms with Gasteiger partial charge >= 0.3 is 6.03 Å². The van der Waals surface area contributed by atoms with Crippen molar-refractivity contribution in [1.82, 2.24) is 5.32 Å². The van der Waals surface area contributed by atoms with E-state index in [1.807, 2.05) is 0 Å². The Bertz CT molecular complexity index is 743. The van der Waals surface area contributed by atoms with E-state index in [1.54, 1.807) is 30.3 Å². The maximum atomic E-state index is 12.1. The van der Waals surface area contributed by atoms with Gasteiger partial charge in [0.1, 0.15) is 0 Å². The maximum Gasteiger partial charge on any atom is 0.319 e. The number of methoxy groups -OCH3 is 3. The number of rotatable bonds is 6. The van der Waals surface area contributed by atoms with E-state index in [-0.39, 0.29) is 6.54 Å². The molecule has 0 atom stereocenters. The van der Waals surface area contributed by atoms with Crippen LogP contribution in [-0.4, -0.2) is 27.4 Å². The Morgan fingerprint density at radius 1 is 1.00 bits per heavy atom. The first-order valence-electron chi connectivity index (χ1n) is 7.27. The van der Waals surface area contributed by atoms with E-state index in [0.717, 1.165) is 5.56 Å². The molecule has 0 heterocycles. The second kappa shape index (κ2) is 8.69. The molecule has 0 bridgehead atoms. The maximum absolute atomic E-state index is 12.1. The van der Waals surface area contributed by atoms with Crippen LogP contribution >= 0.6 is 23.2 Å². The summed E-state index contributed by atoms with van der Waals surface area (Å²) in [4.78, 5) is 12.1. The van der Waals surface area contributed by atoms with Gasteiger partial charge in [0, 0.05) is 11.6 Å². The van der Waals surface area contributed by atoms with Gasteiger partial charge < -0.3 is 24.8 Å². The van der Waals surface area contributed by atoms with Crippen molar-refractivity contribution in [2.75, 3.05) is 26.6 Å². The number of halogens is 2. The van der Waals surface area contributed by atoms with Crippen molar-refractivity contribution in [2.24, 2.45) is 0 Å². The minimum absolute atomic E-state index is 0.251. The number of anilines is 1. The lowest BCUT2D eigenvalue weighted by Gasteiger charge is -2.15. The van der Waals surface area contributed by atoms with Gasteiger partial charge in [-0.1, -0.05) is 23.2 Å². The minimum atomic E-state index is -0.419. The number of hydrogen-bond acceptors (Lipinski definition) is 4. The van der Waals surface area contributed by atoms with Gasteiger partial charge in [-0.05, 0) is 35.9 Å². The van der Waals surface area contributed by atoms with Crippen LogP contribution in [0.1, 0.15) is 5.56 Å². The van der Waals surface area contributed by atoms with Crippen LogP contribution < -0.4 is 24.8 Å². The van der Waals surface area contributed by atoms with Crippen LogP contribution in [0.25, 0.3) is 0 Å². The summed E-state index contributed by atoms with van der Waals surface area (Å²) in [6.07, 6.45) is 0. The molecule has 0 fully saturated rings. The van der Waals surface area contributed by atoms with E-state index in [9.17, 15) is 4.79 Å². The normalized spacial score (nSPS) is 10.1. The van der Waals surface area contributed by atoms with Gasteiger partial charge in [0.2, 0.25) is 5.75 Å². The predicted octanol–water partition coefficient (Wildman–Crippen LogP) is 4.34. The number of ether oxygens (including phenoxy) is 3. The Hall–Kier alpha value is -2.31. The summed E-state index contributed by atoms with van der Waals surface area (Å²) >= 11 is 11.9. The standard InChI is InChI=1S/C17H18Cl2N2O4/c1-23-14-6-10(7-15(24-2)16(14)25-3)9-20-17(22)21-13-8-11(18)4-5-12(13)19/h4-8H,9H2,1-3H3,(H2,20,21,22). The summed E-state index contributed by atoms with van der Waals surface area (Å²) in [5, 5.41) is 6.25. The van der Waals surface area contributed by atoms with Crippen LogP contribution in [0.15, 0.2) is 30.3 Å². The number of nitrogens with one attached hydrogen (secondary N) is 2. The number of carbonyl (C=O) groups is 1. The summed E-state index contributed by atoms with van der Waals surface area (Å²) in [5.41, 5.74) is 1.21. The topological polar surface area (TPSA) is 68.8 Å². The lowest BCUT2D eigenvalue weighted by atomic mass is 10.2. The molecule has 2 amide bonds. The predicted molar refractivity (Wildman–Crippen MR) is 98.4 cm³/mol. The van der Waals surface area contributed by atoms with E-state index in [4.69, 9.17) is 37.4 Å². The number of hydrogen-bond donors (Lipinski definition) is 2. The van der Waals surface area contributed by atoms with Crippen LogP contribution in [0.2, 0.25) is 10.0 Å². The zero-order chi connectivity index (χ0) is 18.4. The van der Waals surface area contributed by atoms with Crippen molar-refractivity contribution in [2.45, 2.75) is 6.54 Å². The van der Waals surface area contributed by atoms with Gasteiger partial charge in [0.15, 0.2) is 11.5 Å². The zero-order valence-electron chi connectivity index (χ0n) is 14.0. The van der Waals surface area contributed by atoms with Crippen molar-refractivity contribution in [3.63, 3.8) is 0 Å². The second-order valence-electron chi connectivity index (χ2n) is 4.97. The first-order chi connectivity index (χ1) is 12.0. The quantitative estimate of drug-likeness (QED) is 0.776. The monoisotopic (exact) mass is 384 g/mol. The highest BCUT2D eigenvalue weighted by Crippen LogP contribution is 2.38.